The number of hydrogen-bond donors (Lipinski definition) is 0. The van der Waals surface area contributed by atoms with Crippen molar-refractivity contribution in [3.8, 4) is 22.4 Å². The van der Waals surface area contributed by atoms with E-state index in [4.69, 9.17) is 0 Å². The van der Waals surface area contributed by atoms with E-state index in [9.17, 15) is 0 Å². The summed E-state index contributed by atoms with van der Waals surface area (Å²) in [6.45, 7) is 0.953. The topological polar surface area (TPSA) is 3.88 Å². The minimum absolute atomic E-state index is 0.953. The second kappa shape index (κ2) is 7.25. The van der Waals surface area contributed by atoms with Gasteiger partial charge in [0.2, 0.25) is 5.69 Å². The van der Waals surface area contributed by atoms with Gasteiger partial charge in [-0.05, 0) is 42.9 Å². The minimum atomic E-state index is 0.953. The Balaban J connectivity index is 1.68. The van der Waals surface area contributed by atoms with Gasteiger partial charge in [0.15, 0.2) is 12.2 Å². The van der Waals surface area contributed by atoms with E-state index in [0.717, 1.165) is 19.4 Å². The van der Waals surface area contributed by atoms with E-state index in [-0.39, 0.29) is 0 Å². The minimum Gasteiger partial charge on any atom is -0.191 e. The third-order valence-corrected chi connectivity index (χ3v) is 6.84. The van der Waals surface area contributed by atoms with Gasteiger partial charge in [-0.25, -0.2) is 0 Å². The number of hydrogen-bond acceptors (Lipinski definition) is 0. The zero-order valence-electron chi connectivity index (χ0n) is 17.3. The number of aromatic nitrogens is 1. The Morgan fingerprint density at radius 3 is 2.20 bits per heavy atom. The van der Waals surface area contributed by atoms with Crippen LogP contribution >= 0.6 is 0 Å². The van der Waals surface area contributed by atoms with E-state index in [2.05, 4.69) is 89.5 Å². The molecule has 0 saturated carbocycles. The first-order valence-electron chi connectivity index (χ1n) is 11.2. The molecule has 0 bridgehead atoms. The Labute approximate surface area is 178 Å². The van der Waals surface area contributed by atoms with Gasteiger partial charge in [-0.1, -0.05) is 78.9 Å². The van der Waals surface area contributed by atoms with Crippen LogP contribution in [0.15, 0.2) is 84.9 Å². The molecule has 0 atom stereocenters. The number of nitrogens with zero attached hydrogens (tertiary/aromatic N) is 1. The summed E-state index contributed by atoms with van der Waals surface area (Å²) in [6, 6.07) is 31.1. The van der Waals surface area contributed by atoms with Gasteiger partial charge in [-0.2, -0.15) is 4.57 Å². The van der Waals surface area contributed by atoms with Crippen LogP contribution in [-0.4, -0.2) is 0 Å². The Morgan fingerprint density at radius 1 is 0.633 bits per heavy atom. The predicted octanol–water partition coefficient (Wildman–Crippen LogP) is 5.94. The van der Waals surface area contributed by atoms with Crippen molar-refractivity contribution in [1.29, 1.82) is 0 Å². The monoisotopic (exact) mass is 388 g/mol. The zero-order valence-corrected chi connectivity index (χ0v) is 17.3. The van der Waals surface area contributed by atoms with Crippen LogP contribution in [0.25, 0.3) is 22.4 Å². The third-order valence-electron chi connectivity index (χ3n) is 6.84. The Morgan fingerprint density at radius 2 is 1.37 bits per heavy atom. The molecule has 6 rings (SSSR count). The van der Waals surface area contributed by atoms with Crippen molar-refractivity contribution in [2.45, 2.75) is 38.6 Å². The first kappa shape index (κ1) is 17.7. The highest BCUT2D eigenvalue weighted by atomic mass is 15.0. The molecular formula is C29H26N+. The molecule has 3 aromatic carbocycles. The van der Waals surface area contributed by atoms with Gasteiger partial charge in [-0.3, -0.25) is 0 Å². The van der Waals surface area contributed by atoms with E-state index in [1.54, 1.807) is 16.8 Å². The second-order valence-corrected chi connectivity index (χ2v) is 8.58. The lowest BCUT2D eigenvalue weighted by molar-refractivity contribution is -0.685. The van der Waals surface area contributed by atoms with E-state index < -0.39 is 0 Å². The van der Waals surface area contributed by atoms with E-state index >= 15 is 0 Å². The van der Waals surface area contributed by atoms with Crippen LogP contribution in [0.5, 0.6) is 0 Å². The number of benzene rings is 3. The molecule has 0 unspecified atom stereocenters. The smallest absolute Gasteiger partial charge is 0.191 e. The first-order chi connectivity index (χ1) is 14.9. The van der Waals surface area contributed by atoms with Crippen LogP contribution in [-0.2, 0) is 32.2 Å². The number of rotatable bonds is 3. The average Bonchev–Trinajstić information content (AvgIpc) is 3.29. The SMILES string of the molecule is c1ccc(C[n+]2c3c(c(-c4ccccc4)c4c2-c2ccccc2CC4)CCC3)cc1. The molecule has 1 aromatic heterocycles. The van der Waals surface area contributed by atoms with Crippen LogP contribution in [0.3, 0.4) is 0 Å². The van der Waals surface area contributed by atoms with Crippen molar-refractivity contribution >= 4 is 0 Å². The molecule has 4 aromatic rings. The fourth-order valence-electron chi connectivity index (χ4n) is 5.57. The summed E-state index contributed by atoms with van der Waals surface area (Å²) in [4.78, 5) is 0. The number of aryl methyl sites for hydroxylation is 1. The van der Waals surface area contributed by atoms with Crippen LogP contribution in [0.4, 0.5) is 0 Å². The normalized spacial score (nSPS) is 14.1. The van der Waals surface area contributed by atoms with Gasteiger partial charge >= 0.3 is 0 Å². The van der Waals surface area contributed by atoms with Gasteiger partial charge in [0.25, 0.3) is 0 Å². The molecule has 2 aliphatic carbocycles. The molecule has 0 spiro atoms. The highest BCUT2D eigenvalue weighted by molar-refractivity contribution is 5.80. The molecule has 2 aliphatic rings. The average molecular weight is 389 g/mol. The molecular weight excluding hydrogens is 362 g/mol. The molecule has 0 saturated heterocycles. The molecule has 0 aliphatic heterocycles. The summed E-state index contributed by atoms with van der Waals surface area (Å²) in [5.41, 5.74) is 13.4. The van der Waals surface area contributed by atoms with Crippen LogP contribution < -0.4 is 4.57 Å². The van der Waals surface area contributed by atoms with Crippen molar-refractivity contribution in [2.24, 2.45) is 0 Å². The summed E-state index contributed by atoms with van der Waals surface area (Å²) in [5.74, 6) is 0. The van der Waals surface area contributed by atoms with Gasteiger partial charge in [0.1, 0.15) is 0 Å². The van der Waals surface area contributed by atoms with E-state index in [1.807, 2.05) is 0 Å². The zero-order chi connectivity index (χ0) is 19.9. The fraction of sp³-hybridized carbons (Fsp3) is 0.207. The Bertz CT molecular complexity index is 1220. The maximum Gasteiger partial charge on any atom is 0.217 e. The maximum atomic E-state index is 2.66. The van der Waals surface area contributed by atoms with Crippen molar-refractivity contribution in [2.75, 3.05) is 0 Å². The highest BCUT2D eigenvalue weighted by Gasteiger charge is 2.36. The molecule has 0 fully saturated rings. The second-order valence-electron chi connectivity index (χ2n) is 8.58. The maximum absolute atomic E-state index is 2.66. The lowest BCUT2D eigenvalue weighted by Gasteiger charge is -2.24. The van der Waals surface area contributed by atoms with Gasteiger partial charge in [0, 0.05) is 34.2 Å². The fourth-order valence-corrected chi connectivity index (χ4v) is 5.57. The quantitative estimate of drug-likeness (QED) is 0.382. The van der Waals surface area contributed by atoms with E-state index in [1.165, 1.54) is 52.8 Å². The molecule has 0 amide bonds. The molecule has 146 valence electrons. The standard InChI is InChI=1S/C29H26N/c1-3-10-21(11-4-1)20-30-27-17-9-16-25(27)28(23-13-5-2-6-14-23)26-19-18-22-12-7-8-15-24(22)29(26)30/h1-8,10-15H,9,16-20H2/q+1. The Hall–Kier alpha value is -3.19. The molecule has 1 heteroatoms. The number of fused-ring (bicyclic) bond motifs is 4. The first-order valence-corrected chi connectivity index (χ1v) is 11.2. The van der Waals surface area contributed by atoms with Crippen molar-refractivity contribution in [3.05, 3.63) is 113 Å². The van der Waals surface area contributed by atoms with Crippen LogP contribution in [0, 0.1) is 0 Å². The molecule has 30 heavy (non-hydrogen) atoms. The van der Waals surface area contributed by atoms with Crippen LogP contribution in [0.2, 0.25) is 0 Å². The molecule has 1 nitrogen and oxygen atoms in total. The summed E-state index contributed by atoms with van der Waals surface area (Å²) in [6.07, 6.45) is 5.89. The summed E-state index contributed by atoms with van der Waals surface area (Å²) >= 11 is 0. The molecule has 0 N–H and O–H groups in total. The lowest BCUT2D eigenvalue weighted by Crippen LogP contribution is -2.43. The summed E-state index contributed by atoms with van der Waals surface area (Å²) in [5, 5.41) is 0. The number of pyridine rings is 1. The lowest BCUT2D eigenvalue weighted by atomic mass is 9.82. The summed E-state index contributed by atoms with van der Waals surface area (Å²) in [7, 11) is 0. The largest absolute Gasteiger partial charge is 0.217 e. The van der Waals surface area contributed by atoms with Crippen LogP contribution in [0.1, 0.15) is 34.4 Å². The van der Waals surface area contributed by atoms with Crippen molar-refractivity contribution in [3.63, 3.8) is 0 Å². The highest BCUT2D eigenvalue weighted by Crippen LogP contribution is 2.42. The predicted molar refractivity (Wildman–Crippen MR) is 122 cm³/mol. The summed E-state index contributed by atoms with van der Waals surface area (Å²) < 4.78 is 2.66. The van der Waals surface area contributed by atoms with Crippen molar-refractivity contribution in [1.82, 2.24) is 0 Å². The van der Waals surface area contributed by atoms with Gasteiger partial charge < -0.3 is 0 Å². The van der Waals surface area contributed by atoms with Crippen molar-refractivity contribution < 1.29 is 4.57 Å². The van der Waals surface area contributed by atoms with Gasteiger partial charge in [0.05, 0.1) is 0 Å². The van der Waals surface area contributed by atoms with Gasteiger partial charge in [-0.15, -0.1) is 0 Å². The molecule has 0 radical (unpaired) electrons. The molecule has 1 heterocycles. The van der Waals surface area contributed by atoms with E-state index in [0.29, 0.717) is 0 Å². The Kier molecular flexibility index (Phi) is 4.27. The third kappa shape index (κ3) is 2.81.